The molecule has 0 heterocycles. The van der Waals surface area contributed by atoms with Gasteiger partial charge in [0.2, 0.25) is 0 Å². The molecule has 0 atom stereocenters. The van der Waals surface area contributed by atoms with Crippen molar-refractivity contribution in [2.45, 2.75) is 25.9 Å². The van der Waals surface area contributed by atoms with Gasteiger partial charge in [0, 0.05) is 24.7 Å². The molecule has 0 unspecified atom stereocenters. The zero-order valence-corrected chi connectivity index (χ0v) is 16.3. The number of benzene rings is 2. The summed E-state index contributed by atoms with van der Waals surface area (Å²) in [5.41, 5.74) is 7.63. The van der Waals surface area contributed by atoms with Crippen LogP contribution >= 0.6 is 0 Å². The predicted octanol–water partition coefficient (Wildman–Crippen LogP) is 3.34. The molecule has 0 saturated heterocycles. The third-order valence-corrected chi connectivity index (χ3v) is 3.97. The molecule has 0 aliphatic carbocycles. The monoisotopic (exact) mass is 385 g/mol. The number of hydrogen-bond donors (Lipinski definition) is 2. The highest BCUT2D eigenvalue weighted by Crippen LogP contribution is 2.29. The summed E-state index contributed by atoms with van der Waals surface area (Å²) in [6.07, 6.45) is 1.81. The summed E-state index contributed by atoms with van der Waals surface area (Å²) in [5, 5.41) is 3.01. The average molecular weight is 385 g/mol. The van der Waals surface area contributed by atoms with Crippen LogP contribution in [0.15, 0.2) is 53.5 Å². The van der Waals surface area contributed by atoms with Crippen molar-refractivity contribution in [2.75, 3.05) is 26.1 Å². The van der Waals surface area contributed by atoms with Gasteiger partial charge in [-0.05, 0) is 30.5 Å². The van der Waals surface area contributed by atoms with E-state index in [1.54, 1.807) is 26.4 Å². The first kappa shape index (κ1) is 21.1. The smallest absolute Gasteiger partial charge is 0.306 e. The van der Waals surface area contributed by atoms with E-state index in [1.807, 2.05) is 36.4 Å². The number of guanidine groups is 1. The molecule has 0 aromatic heterocycles. The van der Waals surface area contributed by atoms with Crippen molar-refractivity contribution in [2.24, 2.45) is 10.7 Å². The lowest BCUT2D eigenvalue weighted by Crippen LogP contribution is -2.22. The van der Waals surface area contributed by atoms with Crippen LogP contribution in [0.1, 0.15) is 24.8 Å². The second-order valence-corrected chi connectivity index (χ2v) is 6.07. The van der Waals surface area contributed by atoms with Crippen molar-refractivity contribution in [3.05, 3.63) is 54.1 Å². The van der Waals surface area contributed by atoms with Gasteiger partial charge in [0.1, 0.15) is 6.61 Å². The van der Waals surface area contributed by atoms with Crippen molar-refractivity contribution in [1.82, 2.24) is 0 Å². The van der Waals surface area contributed by atoms with Gasteiger partial charge in [0.05, 0.1) is 14.2 Å². The second-order valence-electron chi connectivity index (χ2n) is 6.07. The Balaban J connectivity index is 1.66. The largest absolute Gasteiger partial charge is 0.493 e. The van der Waals surface area contributed by atoms with Gasteiger partial charge in [-0.1, -0.05) is 30.3 Å². The third kappa shape index (κ3) is 7.19. The molecule has 3 N–H and O–H groups in total. The molecular weight excluding hydrogens is 358 g/mol. The number of carbonyl (C=O) groups excluding carboxylic acids is 1. The van der Waals surface area contributed by atoms with Crippen molar-refractivity contribution < 1.29 is 19.0 Å². The van der Waals surface area contributed by atoms with E-state index < -0.39 is 0 Å². The molecule has 0 amide bonds. The summed E-state index contributed by atoms with van der Waals surface area (Å²) >= 11 is 0. The fourth-order valence-electron chi connectivity index (χ4n) is 2.49. The number of rotatable bonds is 10. The van der Waals surface area contributed by atoms with Crippen LogP contribution < -0.4 is 20.5 Å². The molecule has 0 radical (unpaired) electrons. The van der Waals surface area contributed by atoms with Gasteiger partial charge >= 0.3 is 5.97 Å². The van der Waals surface area contributed by atoms with Gasteiger partial charge in [-0.3, -0.25) is 9.79 Å². The lowest BCUT2D eigenvalue weighted by Gasteiger charge is -2.10. The third-order valence-electron chi connectivity index (χ3n) is 3.97. The average Bonchev–Trinajstić information content (AvgIpc) is 2.72. The fourth-order valence-corrected chi connectivity index (χ4v) is 2.49. The minimum atomic E-state index is -0.204. The molecule has 0 saturated carbocycles. The van der Waals surface area contributed by atoms with Gasteiger partial charge < -0.3 is 25.3 Å². The molecule has 0 aliphatic heterocycles. The molecule has 0 spiro atoms. The Labute approximate surface area is 165 Å². The maximum Gasteiger partial charge on any atom is 0.306 e. The molecule has 2 aromatic carbocycles. The molecular formula is C21H27N3O4. The predicted molar refractivity (Wildman–Crippen MR) is 110 cm³/mol. The van der Waals surface area contributed by atoms with E-state index in [9.17, 15) is 4.79 Å². The summed E-state index contributed by atoms with van der Waals surface area (Å²) < 4.78 is 15.7. The summed E-state index contributed by atoms with van der Waals surface area (Å²) in [5.74, 6) is 1.35. The van der Waals surface area contributed by atoms with Crippen LogP contribution in [0.2, 0.25) is 0 Å². The summed E-state index contributed by atoms with van der Waals surface area (Å²) in [6, 6.07) is 15.0. The lowest BCUT2D eigenvalue weighted by molar-refractivity contribution is -0.145. The van der Waals surface area contributed by atoms with E-state index >= 15 is 0 Å². The maximum atomic E-state index is 11.8. The summed E-state index contributed by atoms with van der Waals surface area (Å²) in [7, 11) is 3.15. The number of carbonyl (C=O) groups is 1. The van der Waals surface area contributed by atoms with Crippen LogP contribution in [0.4, 0.5) is 5.69 Å². The number of nitrogens with zero attached hydrogens (tertiary/aromatic N) is 1. The fraction of sp³-hybridized carbons (Fsp3) is 0.333. The topological polar surface area (TPSA) is 95.2 Å². The molecule has 28 heavy (non-hydrogen) atoms. The zero-order chi connectivity index (χ0) is 20.2. The van der Waals surface area contributed by atoms with Gasteiger partial charge in [-0.25, -0.2) is 0 Å². The van der Waals surface area contributed by atoms with E-state index in [2.05, 4.69) is 10.3 Å². The van der Waals surface area contributed by atoms with Crippen molar-refractivity contribution in [1.29, 1.82) is 0 Å². The van der Waals surface area contributed by atoms with E-state index in [1.165, 1.54) is 0 Å². The van der Waals surface area contributed by atoms with Crippen LogP contribution in [-0.4, -0.2) is 32.7 Å². The van der Waals surface area contributed by atoms with E-state index in [4.69, 9.17) is 19.9 Å². The summed E-state index contributed by atoms with van der Waals surface area (Å²) in [4.78, 5) is 16.0. The second kappa shape index (κ2) is 11.5. The Morgan fingerprint density at radius 2 is 1.79 bits per heavy atom. The van der Waals surface area contributed by atoms with Crippen LogP contribution in [0, 0.1) is 0 Å². The number of hydrogen-bond acceptors (Lipinski definition) is 5. The molecule has 7 heteroatoms. The molecule has 7 nitrogen and oxygen atoms in total. The first-order valence-electron chi connectivity index (χ1n) is 9.11. The van der Waals surface area contributed by atoms with Crippen molar-refractivity contribution >= 4 is 17.6 Å². The van der Waals surface area contributed by atoms with Crippen LogP contribution in [-0.2, 0) is 16.1 Å². The van der Waals surface area contributed by atoms with Crippen LogP contribution in [0.25, 0.3) is 0 Å². The first-order valence-corrected chi connectivity index (χ1v) is 9.11. The molecule has 0 fully saturated rings. The summed E-state index contributed by atoms with van der Waals surface area (Å²) in [6.45, 7) is 0.831. The number of methoxy groups -OCH3 is 2. The Kier molecular flexibility index (Phi) is 8.65. The molecule has 150 valence electrons. The number of anilines is 1. The van der Waals surface area contributed by atoms with Gasteiger partial charge in [0.15, 0.2) is 17.5 Å². The Morgan fingerprint density at radius 1 is 1.04 bits per heavy atom. The zero-order valence-electron chi connectivity index (χ0n) is 16.3. The minimum Gasteiger partial charge on any atom is -0.493 e. The minimum absolute atomic E-state index is 0.204. The van der Waals surface area contributed by atoms with E-state index in [0.717, 1.165) is 17.7 Å². The molecule has 0 bridgehead atoms. The first-order chi connectivity index (χ1) is 13.6. The quantitative estimate of drug-likeness (QED) is 0.282. The maximum absolute atomic E-state index is 11.8. The van der Waals surface area contributed by atoms with Gasteiger partial charge in [-0.2, -0.15) is 0 Å². The molecule has 2 rings (SSSR count). The number of nitrogens with one attached hydrogen (secondary N) is 1. The SMILES string of the molecule is COc1ccc(NC(N)=NCCCCC(=O)OCc2ccccc2)cc1OC. The number of nitrogens with two attached hydrogens (primary N) is 1. The highest BCUT2D eigenvalue weighted by atomic mass is 16.5. The van der Waals surface area contributed by atoms with E-state index in [-0.39, 0.29) is 5.97 Å². The number of ether oxygens (including phenoxy) is 3. The number of esters is 1. The molecule has 2 aromatic rings. The lowest BCUT2D eigenvalue weighted by atomic mass is 10.2. The van der Waals surface area contributed by atoms with Crippen LogP contribution in [0.3, 0.4) is 0 Å². The Bertz CT molecular complexity index is 778. The standard InChI is InChI=1S/C21H27N3O4/c1-26-18-12-11-17(14-19(18)27-2)24-21(22)23-13-7-6-10-20(25)28-15-16-8-4-3-5-9-16/h3-5,8-9,11-12,14H,6-7,10,13,15H2,1-2H3,(H3,22,23,24). The number of unbranched alkanes of at least 4 members (excludes halogenated alkanes) is 1. The normalized spacial score (nSPS) is 11.0. The highest BCUT2D eigenvalue weighted by molar-refractivity contribution is 5.92. The Hall–Kier alpha value is -3.22. The van der Waals surface area contributed by atoms with Crippen LogP contribution in [0.5, 0.6) is 11.5 Å². The number of aliphatic imine (C=N–C) groups is 1. The van der Waals surface area contributed by atoms with Crippen molar-refractivity contribution in [3.63, 3.8) is 0 Å². The van der Waals surface area contributed by atoms with E-state index in [0.29, 0.717) is 43.5 Å². The molecule has 0 aliphatic rings. The van der Waals surface area contributed by atoms with Crippen molar-refractivity contribution in [3.8, 4) is 11.5 Å². The van der Waals surface area contributed by atoms with Gasteiger partial charge in [0.25, 0.3) is 0 Å². The highest BCUT2D eigenvalue weighted by Gasteiger charge is 2.05. The van der Waals surface area contributed by atoms with Gasteiger partial charge in [-0.15, -0.1) is 0 Å². The Morgan fingerprint density at radius 3 is 2.50 bits per heavy atom.